The lowest BCUT2D eigenvalue weighted by atomic mass is 9.94. The van der Waals surface area contributed by atoms with Gasteiger partial charge in [-0.1, -0.05) is 0 Å². The first-order valence-corrected chi connectivity index (χ1v) is 8.22. The Morgan fingerprint density at radius 1 is 0.909 bits per heavy atom. The molecule has 11 heteroatoms. The maximum absolute atomic E-state index is 12.7. The van der Waals surface area contributed by atoms with Gasteiger partial charge in [-0.05, 0) is 0 Å². The van der Waals surface area contributed by atoms with Gasteiger partial charge in [0.25, 0.3) is 0 Å². The Morgan fingerprint density at radius 3 is 2.05 bits per heavy atom. The second kappa shape index (κ2) is 7.77. The molecule has 0 saturated carbocycles. The van der Waals surface area contributed by atoms with Crippen molar-refractivity contribution in [2.75, 3.05) is 34.5 Å². The largest absolute Gasteiger partial charge is 0.475 e. The molecule has 0 spiro atoms. The summed E-state index contributed by atoms with van der Waals surface area (Å²) in [5, 5.41) is 0. The van der Waals surface area contributed by atoms with Crippen LogP contribution >= 0.6 is 7.82 Å². The van der Waals surface area contributed by atoms with Gasteiger partial charge in [-0.15, -0.1) is 0 Å². The molecule has 3 unspecified atom stereocenters. The highest BCUT2D eigenvalue weighted by Gasteiger charge is 2.45. The van der Waals surface area contributed by atoms with Crippen LogP contribution in [0.25, 0.3) is 0 Å². The molecular formula is C11H19B2O8P. The number of hydrogen-bond donors (Lipinski definition) is 0. The quantitative estimate of drug-likeness (QED) is 0.460. The van der Waals surface area contributed by atoms with Gasteiger partial charge < -0.3 is 18.9 Å². The highest BCUT2D eigenvalue weighted by atomic mass is 31.2. The van der Waals surface area contributed by atoms with Crippen LogP contribution < -0.4 is 0 Å². The molecule has 2 rings (SSSR count). The highest BCUT2D eigenvalue weighted by Crippen LogP contribution is 2.53. The summed E-state index contributed by atoms with van der Waals surface area (Å²) in [5.41, 5.74) is 0. The van der Waals surface area contributed by atoms with E-state index in [0.29, 0.717) is 0 Å². The molecule has 0 N–H and O–H groups in total. The fourth-order valence-electron chi connectivity index (χ4n) is 2.35. The van der Waals surface area contributed by atoms with Crippen molar-refractivity contribution in [1.29, 1.82) is 0 Å². The van der Waals surface area contributed by atoms with E-state index in [0.717, 1.165) is 0 Å². The third-order valence-corrected chi connectivity index (χ3v) is 5.08. The molecule has 2 heterocycles. The average Bonchev–Trinajstić information content (AvgIpc) is 3.02. The molecule has 8 nitrogen and oxygen atoms in total. The van der Waals surface area contributed by atoms with E-state index in [1.807, 2.05) is 0 Å². The standard InChI is InChI=1S/C11H19B2O8P/c1-15-6-4-18-11(13)9(6)21-22(14,17-3)20-7-5-19-10(12)8(7)16-2/h6-11H,4-5H2,1-3H3/t6-,7-,8?,9?,10-,11-,22?/m1/s1. The van der Waals surface area contributed by atoms with Gasteiger partial charge >= 0.3 is 7.82 Å². The summed E-state index contributed by atoms with van der Waals surface area (Å²) in [6.45, 7) is 0.335. The first kappa shape index (κ1) is 18.4. The minimum absolute atomic E-state index is 0.108. The van der Waals surface area contributed by atoms with Gasteiger partial charge in [-0.2, -0.15) is 0 Å². The summed E-state index contributed by atoms with van der Waals surface area (Å²) in [4.78, 5) is 0. The zero-order chi connectivity index (χ0) is 16.3. The zero-order valence-electron chi connectivity index (χ0n) is 12.7. The summed E-state index contributed by atoms with van der Waals surface area (Å²) in [7, 11) is 11.7. The SMILES string of the molecule is [B][C@@H]1OC[C@@H](OC)C1OP(=O)(OC)O[C@@H]1CO[C@@H]([B])C1OC. The molecule has 22 heavy (non-hydrogen) atoms. The third kappa shape index (κ3) is 3.94. The van der Waals surface area contributed by atoms with E-state index in [1.54, 1.807) is 0 Å². The normalized spacial score (nSPS) is 41.6. The monoisotopic (exact) mass is 332 g/mol. The van der Waals surface area contributed by atoms with Crippen molar-refractivity contribution in [2.45, 2.75) is 36.4 Å². The molecule has 0 aromatic heterocycles. The van der Waals surface area contributed by atoms with Crippen molar-refractivity contribution < 1.29 is 37.1 Å². The fourth-order valence-corrected chi connectivity index (χ4v) is 3.63. The van der Waals surface area contributed by atoms with Crippen molar-refractivity contribution >= 4 is 23.5 Å². The van der Waals surface area contributed by atoms with E-state index in [9.17, 15) is 4.57 Å². The molecule has 0 bridgehead atoms. The predicted molar refractivity (Wildman–Crippen MR) is 76.9 cm³/mol. The van der Waals surface area contributed by atoms with Crippen LogP contribution in [0.4, 0.5) is 0 Å². The first-order chi connectivity index (χ1) is 10.4. The van der Waals surface area contributed by atoms with Crippen LogP contribution in [0.3, 0.4) is 0 Å². The molecule has 2 aliphatic heterocycles. The van der Waals surface area contributed by atoms with E-state index >= 15 is 0 Å². The molecule has 7 atom stereocenters. The smallest absolute Gasteiger partial charge is 0.382 e. The van der Waals surface area contributed by atoms with Crippen LogP contribution in [-0.4, -0.2) is 86.7 Å². The Hall–Kier alpha value is 0.0799. The Bertz CT molecular complexity index is 414. The van der Waals surface area contributed by atoms with E-state index in [1.165, 1.54) is 21.3 Å². The average molecular weight is 332 g/mol. The summed E-state index contributed by atoms with van der Waals surface area (Å²) in [5.74, 6) is 0. The van der Waals surface area contributed by atoms with E-state index < -0.39 is 44.2 Å². The van der Waals surface area contributed by atoms with Gasteiger partial charge in [0, 0.05) is 33.3 Å². The number of phosphoric ester groups is 1. The molecule has 0 amide bonds. The Morgan fingerprint density at radius 2 is 1.50 bits per heavy atom. The van der Waals surface area contributed by atoms with Gasteiger partial charge in [0.15, 0.2) is 0 Å². The number of phosphoric acid groups is 1. The number of hydrogen-bond acceptors (Lipinski definition) is 8. The van der Waals surface area contributed by atoms with E-state index in [4.69, 9.17) is 48.2 Å². The third-order valence-electron chi connectivity index (χ3n) is 3.60. The van der Waals surface area contributed by atoms with Gasteiger partial charge in [-0.25, -0.2) is 4.57 Å². The van der Waals surface area contributed by atoms with Gasteiger partial charge in [0.05, 0.1) is 13.2 Å². The topological polar surface area (TPSA) is 81.7 Å². The summed E-state index contributed by atoms with van der Waals surface area (Å²) < 4.78 is 49.3. The van der Waals surface area contributed by atoms with Crippen molar-refractivity contribution in [3.63, 3.8) is 0 Å². The summed E-state index contributed by atoms with van der Waals surface area (Å²) >= 11 is 0. The van der Waals surface area contributed by atoms with Gasteiger partial charge in [0.1, 0.15) is 40.1 Å². The molecule has 4 radical (unpaired) electrons. The van der Waals surface area contributed by atoms with Crippen molar-refractivity contribution in [3.05, 3.63) is 0 Å². The maximum Gasteiger partial charge on any atom is 0.475 e. The molecule has 122 valence electrons. The van der Waals surface area contributed by atoms with Crippen LogP contribution in [-0.2, 0) is 37.1 Å². The van der Waals surface area contributed by atoms with Gasteiger partial charge in [-0.3, -0.25) is 13.6 Å². The van der Waals surface area contributed by atoms with E-state index in [-0.39, 0.29) is 13.2 Å². The molecule has 2 fully saturated rings. The molecule has 0 aromatic carbocycles. The molecule has 0 aromatic rings. The van der Waals surface area contributed by atoms with Crippen molar-refractivity contribution in [1.82, 2.24) is 0 Å². The molecular weight excluding hydrogens is 313 g/mol. The van der Waals surface area contributed by atoms with Crippen LogP contribution in [0.1, 0.15) is 0 Å². The van der Waals surface area contributed by atoms with Crippen LogP contribution in [0.15, 0.2) is 0 Å². The van der Waals surface area contributed by atoms with Crippen molar-refractivity contribution in [2.24, 2.45) is 0 Å². The van der Waals surface area contributed by atoms with Crippen LogP contribution in [0, 0.1) is 0 Å². The maximum atomic E-state index is 12.7. The van der Waals surface area contributed by atoms with Gasteiger partial charge in [0.2, 0.25) is 0 Å². The predicted octanol–water partition coefficient (Wildman–Crippen LogP) is -0.409. The first-order valence-electron chi connectivity index (χ1n) is 6.76. The number of rotatable bonds is 7. The fraction of sp³-hybridized carbons (Fsp3) is 1.00. The Balaban J connectivity index is 2.04. The van der Waals surface area contributed by atoms with E-state index in [2.05, 4.69) is 0 Å². The Kier molecular flexibility index (Phi) is 6.50. The lowest BCUT2D eigenvalue weighted by Gasteiger charge is -2.28. The second-order valence-corrected chi connectivity index (χ2v) is 6.60. The molecule has 0 aliphatic carbocycles. The lowest BCUT2D eigenvalue weighted by Crippen LogP contribution is -2.37. The van der Waals surface area contributed by atoms with Crippen LogP contribution in [0.2, 0.25) is 0 Å². The lowest BCUT2D eigenvalue weighted by molar-refractivity contribution is -0.0239. The van der Waals surface area contributed by atoms with Crippen LogP contribution in [0.5, 0.6) is 0 Å². The highest BCUT2D eigenvalue weighted by molar-refractivity contribution is 7.48. The second-order valence-electron chi connectivity index (χ2n) is 4.91. The number of methoxy groups -OCH3 is 2. The summed E-state index contributed by atoms with van der Waals surface area (Å²) in [6.07, 6.45) is -2.53. The minimum Gasteiger partial charge on any atom is -0.382 e. The molecule has 2 aliphatic rings. The number of ether oxygens (including phenoxy) is 4. The van der Waals surface area contributed by atoms with Crippen molar-refractivity contribution in [3.8, 4) is 0 Å². The summed E-state index contributed by atoms with van der Waals surface area (Å²) in [6, 6.07) is -1.47. The zero-order valence-corrected chi connectivity index (χ0v) is 13.6. The molecule has 2 saturated heterocycles. The minimum atomic E-state index is -3.92. The Labute approximate surface area is 132 Å².